The van der Waals surface area contributed by atoms with Gasteiger partial charge in [0.1, 0.15) is 6.33 Å². The van der Waals surface area contributed by atoms with Crippen LogP contribution in [-0.2, 0) is 6.54 Å². The Morgan fingerprint density at radius 1 is 1.17 bits per heavy atom. The topological polar surface area (TPSA) is 116 Å². The van der Waals surface area contributed by atoms with Crippen LogP contribution in [0.5, 0.6) is 0 Å². The maximum Gasteiger partial charge on any atom is 0.269 e. The van der Waals surface area contributed by atoms with Crippen molar-refractivity contribution in [1.29, 1.82) is 0 Å². The smallest absolute Gasteiger partial charge is 0.269 e. The second-order valence-corrected chi connectivity index (χ2v) is 4.88. The molecule has 120 valence electrons. The summed E-state index contributed by atoms with van der Waals surface area (Å²) in [6.45, 7) is 0.251. The Morgan fingerprint density at radius 2 is 1.92 bits per heavy atom. The van der Waals surface area contributed by atoms with Crippen LogP contribution in [0.15, 0.2) is 54.9 Å². The summed E-state index contributed by atoms with van der Waals surface area (Å²) in [6, 6.07) is 12.9. The summed E-state index contributed by atoms with van der Waals surface area (Å²) in [5.41, 5.74) is 1.75. The van der Waals surface area contributed by atoms with Gasteiger partial charge in [-0.3, -0.25) is 14.9 Å². The molecule has 9 heteroatoms. The summed E-state index contributed by atoms with van der Waals surface area (Å²) in [7, 11) is 0. The average Bonchev–Trinajstić information content (AvgIpc) is 3.14. The summed E-state index contributed by atoms with van der Waals surface area (Å²) in [5.74, 6) is -0.292. The SMILES string of the molecule is O=C(NCc1ccc([N+](=O)[O-])cc1)c1ccccc1-n1cnnn1. The van der Waals surface area contributed by atoms with Crippen LogP contribution >= 0.6 is 0 Å². The van der Waals surface area contributed by atoms with Crippen LogP contribution in [0.1, 0.15) is 15.9 Å². The van der Waals surface area contributed by atoms with Crippen molar-refractivity contribution in [2.24, 2.45) is 0 Å². The van der Waals surface area contributed by atoms with Crippen LogP contribution < -0.4 is 5.32 Å². The van der Waals surface area contributed by atoms with E-state index >= 15 is 0 Å². The normalized spacial score (nSPS) is 10.3. The molecule has 1 aromatic heterocycles. The molecule has 0 spiro atoms. The zero-order valence-electron chi connectivity index (χ0n) is 12.4. The number of benzene rings is 2. The lowest BCUT2D eigenvalue weighted by Crippen LogP contribution is -2.24. The van der Waals surface area contributed by atoms with E-state index in [-0.39, 0.29) is 18.1 Å². The predicted octanol–water partition coefficient (Wildman–Crippen LogP) is 1.50. The number of nitrogens with zero attached hydrogens (tertiary/aromatic N) is 5. The molecule has 0 radical (unpaired) electrons. The van der Waals surface area contributed by atoms with E-state index in [0.29, 0.717) is 11.3 Å². The first-order chi connectivity index (χ1) is 11.6. The number of amides is 1. The molecule has 24 heavy (non-hydrogen) atoms. The fraction of sp³-hybridized carbons (Fsp3) is 0.0667. The first kappa shape index (κ1) is 15.3. The highest BCUT2D eigenvalue weighted by Crippen LogP contribution is 2.14. The number of tetrazole rings is 1. The molecule has 0 atom stereocenters. The summed E-state index contributed by atoms with van der Waals surface area (Å²) in [6.07, 6.45) is 1.41. The molecule has 0 aliphatic carbocycles. The molecular formula is C15H12N6O3. The van der Waals surface area contributed by atoms with E-state index in [1.807, 2.05) is 0 Å². The van der Waals surface area contributed by atoms with Crippen LogP contribution in [0, 0.1) is 10.1 Å². The van der Waals surface area contributed by atoms with Crippen molar-refractivity contribution in [3.8, 4) is 5.69 Å². The van der Waals surface area contributed by atoms with Gasteiger partial charge in [0, 0.05) is 18.7 Å². The van der Waals surface area contributed by atoms with E-state index in [2.05, 4.69) is 20.8 Å². The third-order valence-electron chi connectivity index (χ3n) is 3.34. The van der Waals surface area contributed by atoms with Crippen molar-refractivity contribution in [3.05, 3.63) is 76.1 Å². The number of para-hydroxylation sites is 1. The van der Waals surface area contributed by atoms with Gasteiger partial charge >= 0.3 is 0 Å². The third kappa shape index (κ3) is 3.24. The molecule has 0 aliphatic rings. The number of non-ortho nitro benzene ring substituents is 1. The Balaban J connectivity index is 1.73. The third-order valence-corrected chi connectivity index (χ3v) is 3.34. The molecule has 0 saturated heterocycles. The summed E-state index contributed by atoms with van der Waals surface area (Å²) in [5, 5.41) is 24.3. The van der Waals surface area contributed by atoms with Crippen LogP contribution in [-0.4, -0.2) is 31.0 Å². The Kier molecular flexibility index (Phi) is 4.23. The standard InChI is InChI=1S/C15H12N6O3/c22-15(16-9-11-5-7-12(8-6-11)21(23)24)13-3-1-2-4-14(13)20-10-17-18-19-20/h1-8,10H,9H2,(H,16,22). The molecule has 2 aromatic carbocycles. The number of rotatable bonds is 5. The summed E-state index contributed by atoms with van der Waals surface area (Å²) >= 11 is 0. The summed E-state index contributed by atoms with van der Waals surface area (Å²) in [4.78, 5) is 22.6. The number of aromatic nitrogens is 4. The first-order valence-corrected chi connectivity index (χ1v) is 6.99. The second-order valence-electron chi connectivity index (χ2n) is 4.88. The predicted molar refractivity (Wildman–Crippen MR) is 83.4 cm³/mol. The molecule has 9 nitrogen and oxygen atoms in total. The fourth-order valence-electron chi connectivity index (χ4n) is 2.15. The molecule has 0 fully saturated rings. The highest BCUT2D eigenvalue weighted by molar-refractivity contribution is 5.97. The molecule has 3 rings (SSSR count). The van der Waals surface area contributed by atoms with Crippen molar-refractivity contribution in [2.45, 2.75) is 6.54 Å². The van der Waals surface area contributed by atoms with Crippen molar-refractivity contribution in [2.75, 3.05) is 0 Å². The minimum absolute atomic E-state index is 0.00843. The minimum Gasteiger partial charge on any atom is -0.348 e. The fourth-order valence-corrected chi connectivity index (χ4v) is 2.15. The quantitative estimate of drug-likeness (QED) is 0.561. The molecule has 1 amide bonds. The van der Waals surface area contributed by atoms with Crippen LogP contribution in [0.2, 0.25) is 0 Å². The molecule has 3 aromatic rings. The zero-order valence-corrected chi connectivity index (χ0v) is 12.4. The van der Waals surface area contributed by atoms with E-state index in [1.54, 1.807) is 36.4 Å². The maximum absolute atomic E-state index is 12.4. The monoisotopic (exact) mass is 324 g/mol. The van der Waals surface area contributed by atoms with Gasteiger partial charge < -0.3 is 5.32 Å². The lowest BCUT2D eigenvalue weighted by atomic mass is 10.1. The van der Waals surface area contributed by atoms with Crippen molar-refractivity contribution in [1.82, 2.24) is 25.5 Å². The van der Waals surface area contributed by atoms with Crippen LogP contribution in [0.3, 0.4) is 0 Å². The zero-order chi connectivity index (χ0) is 16.9. The van der Waals surface area contributed by atoms with E-state index in [0.717, 1.165) is 5.56 Å². The van der Waals surface area contributed by atoms with E-state index in [4.69, 9.17) is 0 Å². The van der Waals surface area contributed by atoms with Gasteiger partial charge in [0.05, 0.1) is 16.2 Å². The molecule has 1 heterocycles. The highest BCUT2D eigenvalue weighted by atomic mass is 16.6. The Bertz CT molecular complexity index is 861. The van der Waals surface area contributed by atoms with Crippen molar-refractivity contribution >= 4 is 11.6 Å². The largest absolute Gasteiger partial charge is 0.348 e. The Labute approximate surface area is 136 Å². The van der Waals surface area contributed by atoms with E-state index in [9.17, 15) is 14.9 Å². The Hall–Kier alpha value is -3.62. The molecule has 0 bridgehead atoms. The number of nitro groups is 1. The highest BCUT2D eigenvalue weighted by Gasteiger charge is 2.13. The van der Waals surface area contributed by atoms with Crippen LogP contribution in [0.4, 0.5) is 5.69 Å². The summed E-state index contributed by atoms with van der Waals surface area (Å²) < 4.78 is 1.40. The van der Waals surface area contributed by atoms with Gasteiger partial charge in [0.15, 0.2) is 0 Å². The molecular weight excluding hydrogens is 312 g/mol. The number of carbonyl (C=O) groups is 1. The minimum atomic E-state index is -0.467. The van der Waals surface area contributed by atoms with Crippen molar-refractivity contribution < 1.29 is 9.72 Å². The van der Waals surface area contributed by atoms with Gasteiger partial charge in [-0.15, -0.1) is 5.10 Å². The number of nitrogens with one attached hydrogen (secondary N) is 1. The van der Waals surface area contributed by atoms with Gasteiger partial charge in [-0.05, 0) is 28.1 Å². The van der Waals surface area contributed by atoms with Gasteiger partial charge in [0.2, 0.25) is 0 Å². The van der Waals surface area contributed by atoms with Crippen molar-refractivity contribution in [3.63, 3.8) is 0 Å². The van der Waals surface area contributed by atoms with E-state index in [1.165, 1.54) is 23.1 Å². The van der Waals surface area contributed by atoms with Gasteiger partial charge in [0.25, 0.3) is 11.6 Å². The van der Waals surface area contributed by atoms with E-state index < -0.39 is 4.92 Å². The molecule has 0 saturated carbocycles. The van der Waals surface area contributed by atoms with Gasteiger partial charge in [-0.2, -0.15) is 4.68 Å². The number of nitro benzene ring substituents is 1. The maximum atomic E-state index is 12.4. The number of hydrogen-bond acceptors (Lipinski definition) is 6. The lowest BCUT2D eigenvalue weighted by Gasteiger charge is -2.09. The number of hydrogen-bond donors (Lipinski definition) is 1. The molecule has 1 N–H and O–H groups in total. The molecule has 0 unspecified atom stereocenters. The first-order valence-electron chi connectivity index (χ1n) is 6.99. The molecule has 0 aliphatic heterocycles. The average molecular weight is 324 g/mol. The van der Waals surface area contributed by atoms with Gasteiger partial charge in [-0.1, -0.05) is 24.3 Å². The second kappa shape index (κ2) is 6.65. The lowest BCUT2D eigenvalue weighted by molar-refractivity contribution is -0.384. The number of carbonyl (C=O) groups excluding carboxylic acids is 1. The Morgan fingerprint density at radius 3 is 2.58 bits per heavy atom. The van der Waals surface area contributed by atoms with Crippen LogP contribution in [0.25, 0.3) is 5.69 Å². The van der Waals surface area contributed by atoms with Gasteiger partial charge in [-0.25, -0.2) is 0 Å².